The monoisotopic (exact) mass is 336 g/mol. The van der Waals surface area contributed by atoms with E-state index in [1.54, 1.807) is 0 Å². The number of aliphatic hydroxyl groups is 1. The van der Waals surface area contributed by atoms with E-state index in [9.17, 15) is 5.11 Å². The summed E-state index contributed by atoms with van der Waals surface area (Å²) in [5.74, 6) is 0.715. The van der Waals surface area contributed by atoms with Crippen LogP contribution in [0, 0.1) is 12.8 Å². The fraction of sp³-hybridized carbons (Fsp3) is 0.278. The van der Waals surface area contributed by atoms with E-state index >= 15 is 0 Å². The summed E-state index contributed by atoms with van der Waals surface area (Å²) in [5, 5.41) is 25.5. The van der Waals surface area contributed by atoms with Crippen LogP contribution < -0.4 is 5.32 Å². The molecule has 3 heterocycles. The molecule has 0 amide bonds. The molecular formula is C18H20N6O. The molecule has 1 atom stereocenters. The van der Waals surface area contributed by atoms with Crippen molar-refractivity contribution in [3.05, 3.63) is 47.8 Å². The molecule has 0 spiro atoms. The fourth-order valence-electron chi connectivity index (χ4n) is 2.94. The Morgan fingerprint density at radius 2 is 2.16 bits per heavy atom. The van der Waals surface area contributed by atoms with Crippen molar-refractivity contribution in [1.29, 1.82) is 0 Å². The van der Waals surface area contributed by atoms with Gasteiger partial charge in [-0.25, -0.2) is 4.52 Å². The quantitative estimate of drug-likeness (QED) is 0.521. The first-order valence-corrected chi connectivity index (χ1v) is 8.31. The molecule has 3 aromatic heterocycles. The van der Waals surface area contributed by atoms with Crippen molar-refractivity contribution in [3.8, 4) is 0 Å². The Labute approximate surface area is 144 Å². The van der Waals surface area contributed by atoms with Gasteiger partial charge in [-0.3, -0.25) is 5.10 Å². The van der Waals surface area contributed by atoms with Crippen LogP contribution in [0.15, 0.2) is 36.4 Å². The minimum absolute atomic E-state index is 0.152. The van der Waals surface area contributed by atoms with Crippen LogP contribution in [-0.4, -0.2) is 36.5 Å². The van der Waals surface area contributed by atoms with E-state index in [1.165, 1.54) is 0 Å². The third-order valence-corrected chi connectivity index (χ3v) is 4.31. The summed E-state index contributed by atoms with van der Waals surface area (Å²) in [6.45, 7) is 4.16. The molecule has 0 radical (unpaired) electrons. The number of fused-ring (bicyclic) bond motifs is 2. The fourth-order valence-corrected chi connectivity index (χ4v) is 2.94. The smallest absolute Gasteiger partial charge is 0.247 e. The number of hydrogen-bond acceptors (Lipinski definition) is 5. The number of H-pyrrole nitrogens is 1. The molecule has 0 bridgehead atoms. The molecule has 0 aliphatic rings. The molecule has 0 aliphatic heterocycles. The van der Waals surface area contributed by atoms with Gasteiger partial charge in [0.2, 0.25) is 5.95 Å². The number of nitrogens with one attached hydrogen (secondary N) is 2. The molecule has 7 nitrogen and oxygen atoms in total. The van der Waals surface area contributed by atoms with E-state index in [2.05, 4.69) is 25.6 Å². The maximum atomic E-state index is 9.29. The highest BCUT2D eigenvalue weighted by atomic mass is 16.3. The van der Waals surface area contributed by atoms with Gasteiger partial charge >= 0.3 is 0 Å². The van der Waals surface area contributed by atoms with Gasteiger partial charge in [-0.2, -0.15) is 10.1 Å². The van der Waals surface area contributed by atoms with E-state index in [0.29, 0.717) is 5.95 Å². The maximum absolute atomic E-state index is 9.29. The predicted octanol–water partition coefficient (Wildman–Crippen LogP) is 2.83. The normalized spacial score (nSPS) is 12.8. The summed E-state index contributed by atoms with van der Waals surface area (Å²) in [6, 6.07) is 11.9. The minimum atomic E-state index is 0.152. The van der Waals surface area contributed by atoms with Gasteiger partial charge in [0, 0.05) is 29.1 Å². The van der Waals surface area contributed by atoms with Gasteiger partial charge in [0.1, 0.15) is 0 Å². The predicted molar refractivity (Wildman–Crippen MR) is 97.1 cm³/mol. The van der Waals surface area contributed by atoms with Crippen LogP contribution in [0.5, 0.6) is 0 Å². The van der Waals surface area contributed by atoms with Crippen molar-refractivity contribution >= 4 is 28.2 Å². The average molecular weight is 336 g/mol. The third-order valence-electron chi connectivity index (χ3n) is 4.31. The Morgan fingerprint density at radius 1 is 1.28 bits per heavy atom. The maximum Gasteiger partial charge on any atom is 0.247 e. The first kappa shape index (κ1) is 15.6. The van der Waals surface area contributed by atoms with Crippen LogP contribution in [-0.2, 0) is 6.42 Å². The van der Waals surface area contributed by atoms with Gasteiger partial charge in [-0.05, 0) is 49.6 Å². The lowest BCUT2D eigenvalue weighted by atomic mass is 10.1. The average Bonchev–Trinajstić information content (AvgIpc) is 3.18. The Balaban J connectivity index is 1.65. The minimum Gasteiger partial charge on any atom is -0.396 e. The van der Waals surface area contributed by atoms with Crippen molar-refractivity contribution < 1.29 is 5.11 Å². The van der Waals surface area contributed by atoms with E-state index in [4.69, 9.17) is 0 Å². The molecule has 3 N–H and O–H groups in total. The molecule has 1 unspecified atom stereocenters. The van der Waals surface area contributed by atoms with Crippen LogP contribution in [0.1, 0.15) is 18.3 Å². The second-order valence-electron chi connectivity index (χ2n) is 6.42. The third kappa shape index (κ3) is 2.94. The van der Waals surface area contributed by atoms with Gasteiger partial charge in [0.25, 0.3) is 0 Å². The summed E-state index contributed by atoms with van der Waals surface area (Å²) in [7, 11) is 0. The molecule has 0 saturated heterocycles. The van der Waals surface area contributed by atoms with Crippen molar-refractivity contribution in [3.63, 3.8) is 0 Å². The number of aromatic nitrogens is 5. The largest absolute Gasteiger partial charge is 0.396 e. The number of nitrogens with zero attached hydrogens (tertiary/aromatic N) is 4. The summed E-state index contributed by atoms with van der Waals surface area (Å²) in [5.41, 5.74) is 4.65. The molecule has 4 rings (SSSR count). The van der Waals surface area contributed by atoms with Crippen molar-refractivity contribution in [2.45, 2.75) is 20.3 Å². The van der Waals surface area contributed by atoms with E-state index in [1.807, 2.05) is 54.8 Å². The molecule has 1 aromatic carbocycles. The zero-order valence-electron chi connectivity index (χ0n) is 14.2. The van der Waals surface area contributed by atoms with Gasteiger partial charge < -0.3 is 10.4 Å². The highest BCUT2D eigenvalue weighted by Gasteiger charge is 2.11. The van der Waals surface area contributed by atoms with Crippen LogP contribution in [0.25, 0.3) is 16.6 Å². The standard InChI is InChI=1S/C18H20N6O/c1-11(10-25)8-14-4-3-5-17-20-18(23-24(14)17)19-13-6-7-15-12(2)21-22-16(15)9-13/h3-7,9,11,25H,8,10H2,1-2H3,(H,19,23)(H,21,22). The summed E-state index contributed by atoms with van der Waals surface area (Å²) in [6.07, 6.45) is 0.745. The Hall–Kier alpha value is -2.93. The molecule has 128 valence electrons. The number of hydrogen-bond donors (Lipinski definition) is 3. The van der Waals surface area contributed by atoms with Crippen LogP contribution >= 0.6 is 0 Å². The van der Waals surface area contributed by atoms with Gasteiger partial charge in [-0.1, -0.05) is 13.0 Å². The molecule has 7 heteroatoms. The molecule has 0 saturated carbocycles. The zero-order chi connectivity index (χ0) is 17.4. The SMILES string of the molecule is Cc1[nH]nc2cc(Nc3nc4cccc(CC(C)CO)n4n3)ccc12. The number of anilines is 2. The molecule has 25 heavy (non-hydrogen) atoms. The lowest BCUT2D eigenvalue weighted by Gasteiger charge is -2.08. The van der Waals surface area contributed by atoms with E-state index < -0.39 is 0 Å². The van der Waals surface area contributed by atoms with Crippen molar-refractivity contribution in [2.75, 3.05) is 11.9 Å². The molecular weight excluding hydrogens is 316 g/mol. The topological polar surface area (TPSA) is 91.1 Å². The van der Waals surface area contributed by atoms with Crippen LogP contribution in [0.2, 0.25) is 0 Å². The second-order valence-corrected chi connectivity index (χ2v) is 6.42. The van der Waals surface area contributed by atoms with Crippen molar-refractivity contribution in [1.82, 2.24) is 24.8 Å². The summed E-state index contributed by atoms with van der Waals surface area (Å²) >= 11 is 0. The number of pyridine rings is 1. The van der Waals surface area contributed by atoms with Crippen LogP contribution in [0.3, 0.4) is 0 Å². The summed E-state index contributed by atoms with van der Waals surface area (Å²) in [4.78, 5) is 4.54. The van der Waals surface area contributed by atoms with E-state index in [0.717, 1.165) is 40.0 Å². The lowest BCUT2D eigenvalue weighted by Crippen LogP contribution is -2.08. The zero-order valence-corrected chi connectivity index (χ0v) is 14.2. The highest BCUT2D eigenvalue weighted by Crippen LogP contribution is 2.22. The van der Waals surface area contributed by atoms with Gasteiger partial charge in [0.05, 0.1) is 5.52 Å². The number of aryl methyl sites for hydroxylation is 1. The molecule has 4 aromatic rings. The Bertz CT molecular complexity index is 1030. The number of benzene rings is 1. The second kappa shape index (κ2) is 6.18. The highest BCUT2D eigenvalue weighted by molar-refractivity contribution is 5.84. The van der Waals surface area contributed by atoms with Gasteiger partial charge in [0.15, 0.2) is 5.65 Å². The van der Waals surface area contributed by atoms with E-state index in [-0.39, 0.29) is 12.5 Å². The number of aliphatic hydroxyl groups excluding tert-OH is 1. The Morgan fingerprint density at radius 3 is 3.00 bits per heavy atom. The number of aromatic amines is 1. The van der Waals surface area contributed by atoms with Crippen molar-refractivity contribution in [2.24, 2.45) is 5.92 Å². The molecule has 0 aliphatic carbocycles. The lowest BCUT2D eigenvalue weighted by molar-refractivity contribution is 0.236. The number of rotatable bonds is 5. The first-order valence-electron chi connectivity index (χ1n) is 8.31. The first-order chi connectivity index (χ1) is 12.1. The van der Waals surface area contributed by atoms with Gasteiger partial charge in [-0.15, -0.1) is 5.10 Å². The summed E-state index contributed by atoms with van der Waals surface area (Å²) < 4.78 is 1.83. The Kier molecular flexibility index (Phi) is 3.85. The molecule has 0 fully saturated rings. The van der Waals surface area contributed by atoms with Crippen LogP contribution in [0.4, 0.5) is 11.6 Å².